The number of hydrogen-bond acceptors (Lipinski definition) is 0. The summed E-state index contributed by atoms with van der Waals surface area (Å²) in [5.41, 5.74) is 0. The van der Waals surface area contributed by atoms with Crippen molar-refractivity contribution in [3.8, 4) is 0 Å². The van der Waals surface area contributed by atoms with Crippen molar-refractivity contribution in [2.24, 2.45) is 17.8 Å². The van der Waals surface area contributed by atoms with Crippen LogP contribution in [0.15, 0.2) is 0 Å². The van der Waals surface area contributed by atoms with E-state index in [1.807, 2.05) is 0 Å². The van der Waals surface area contributed by atoms with Gasteiger partial charge >= 0.3 is 51.4 Å². The van der Waals surface area contributed by atoms with Crippen LogP contribution in [0.3, 0.4) is 0 Å². The van der Waals surface area contributed by atoms with Crippen LogP contribution in [0.1, 0.15) is 55.2 Å². The second-order valence-corrected chi connectivity index (χ2v) is 4.42. The maximum absolute atomic E-state index is 7.52. The molecule has 0 N–H and O–H groups in total. The van der Waals surface area contributed by atoms with Crippen molar-refractivity contribution in [2.45, 2.75) is 53.9 Å². The molecule has 0 spiro atoms. The van der Waals surface area contributed by atoms with Crippen LogP contribution in [-0.4, -0.2) is 0 Å². The smallest absolute Gasteiger partial charge is 0.328 e. The van der Waals surface area contributed by atoms with E-state index in [2.05, 4.69) is 41.0 Å². The molecule has 74 valence electrons. The van der Waals surface area contributed by atoms with E-state index in [9.17, 15) is 0 Å². The van der Waals surface area contributed by atoms with Crippen LogP contribution in [0, 0.1) is 24.2 Å². The summed E-state index contributed by atoms with van der Waals surface area (Å²) >= 11 is 0. The van der Waals surface area contributed by atoms with E-state index in [1.54, 1.807) is 0 Å². The molecule has 1 aliphatic rings. The third kappa shape index (κ3) is 9.93. The summed E-state index contributed by atoms with van der Waals surface area (Å²) in [5.74, 6) is 2.24. The van der Waals surface area contributed by atoms with E-state index in [-0.39, 0.29) is 57.8 Å². The van der Waals surface area contributed by atoms with Crippen molar-refractivity contribution in [3.63, 3.8) is 0 Å². The predicted octanol–water partition coefficient (Wildman–Crippen LogP) is 1.31. The Bertz CT molecular complexity index is 123. The molecule has 1 saturated carbocycles. The predicted molar refractivity (Wildman–Crippen MR) is 57.0 cm³/mol. The first kappa shape index (κ1) is 14.6. The first-order chi connectivity index (χ1) is 5.99. The molecule has 1 heteroatoms. The Balaban J connectivity index is 0. The van der Waals surface area contributed by atoms with Crippen LogP contribution in [0.4, 0.5) is 0 Å². The molecule has 0 bridgehead atoms. The number of rotatable bonds is 1. The average molecular weight is 209 g/mol. The van der Waals surface area contributed by atoms with Gasteiger partial charge in [-0.1, -0.05) is 52.9 Å². The average Bonchev–Trinajstić information content (AvgIpc) is 2.32. The molecule has 0 aromatic rings. The largest absolute Gasteiger partial charge is 1.00 e. The minimum atomic E-state index is 0. The maximum atomic E-state index is 7.52. The zero-order valence-electron chi connectivity index (χ0n) is 11.3. The van der Waals surface area contributed by atoms with Crippen LogP contribution in [0.25, 0.3) is 0 Å². The van der Waals surface area contributed by atoms with Gasteiger partial charge in [-0.15, -0.1) is 0 Å². The maximum Gasteiger partial charge on any atom is 1.00 e. The van der Waals surface area contributed by atoms with E-state index < -0.39 is 0 Å². The summed E-state index contributed by atoms with van der Waals surface area (Å²) in [6.07, 6.45) is 4.67. The van der Waals surface area contributed by atoms with Gasteiger partial charge < -0.3 is 6.42 Å². The molecule has 13 heavy (non-hydrogen) atoms. The molecule has 0 aromatic carbocycles. The fourth-order valence-corrected chi connectivity index (χ4v) is 1.38. The van der Waals surface area contributed by atoms with E-state index in [0.29, 0.717) is 5.92 Å². The van der Waals surface area contributed by atoms with E-state index in [0.717, 1.165) is 11.8 Å². The zero-order valence-corrected chi connectivity index (χ0v) is 13.4. The normalized spacial score (nSPS) is 33.1. The third-order valence-corrected chi connectivity index (χ3v) is 2.15. The van der Waals surface area contributed by atoms with Crippen molar-refractivity contribution in [1.29, 1.82) is 0 Å². The van der Waals surface area contributed by atoms with Crippen LogP contribution >= 0.6 is 0 Å². The molecule has 0 nitrogen and oxygen atoms in total. The monoisotopic (exact) mass is 209 g/mol. The molecule has 3 atom stereocenters. The Labute approximate surface area is 129 Å². The summed E-state index contributed by atoms with van der Waals surface area (Å²) in [6.45, 7) is 10.9. The molecule has 1 aliphatic carbocycles. The van der Waals surface area contributed by atoms with Crippen LogP contribution in [-0.2, 0) is 0 Å². The van der Waals surface area contributed by atoms with Crippen molar-refractivity contribution < 1.29 is 52.8 Å². The molecular weight excluding hydrogens is 183 g/mol. The van der Waals surface area contributed by atoms with Crippen molar-refractivity contribution in [1.82, 2.24) is 0 Å². The van der Waals surface area contributed by atoms with E-state index >= 15 is 0 Å². The summed E-state index contributed by atoms with van der Waals surface area (Å²) < 4.78 is 7.52. The fraction of sp³-hybridized carbons (Fsp3) is 0.917. The quantitative estimate of drug-likeness (QED) is 0.451. The van der Waals surface area contributed by atoms with Crippen LogP contribution in [0.5, 0.6) is 0 Å². The summed E-state index contributed by atoms with van der Waals surface area (Å²) in [7, 11) is 0. The molecular formula is C12H25K. The first-order valence-corrected chi connectivity index (χ1v) is 5.24. The molecule has 3 unspecified atom stereocenters. The van der Waals surface area contributed by atoms with Crippen molar-refractivity contribution in [3.05, 3.63) is 6.42 Å². The van der Waals surface area contributed by atoms with Gasteiger partial charge in [0.15, 0.2) is 0 Å². The summed E-state index contributed by atoms with van der Waals surface area (Å²) in [4.78, 5) is 0. The molecule has 0 aliphatic heterocycles. The second kappa shape index (κ2) is 10.2. The van der Waals surface area contributed by atoms with E-state index in [1.165, 1.54) is 12.8 Å². The molecule has 0 heterocycles. The van der Waals surface area contributed by atoms with Gasteiger partial charge in [-0.3, -0.25) is 0 Å². The topological polar surface area (TPSA) is 0 Å². The Morgan fingerprint density at radius 3 is 2.08 bits per heavy atom. The molecule has 0 amide bonds. The van der Waals surface area contributed by atoms with Crippen molar-refractivity contribution in [2.75, 3.05) is 0 Å². The molecule has 1 rings (SSSR count). The first-order valence-electron chi connectivity index (χ1n) is 5.82. The summed E-state index contributed by atoms with van der Waals surface area (Å²) in [6, 6.07) is 0. The zero-order chi connectivity index (χ0) is 10.4. The minimum absolute atomic E-state index is 0. The fourth-order valence-electron chi connectivity index (χ4n) is 1.38. The van der Waals surface area contributed by atoms with Gasteiger partial charge in [-0.2, -0.15) is 12.8 Å². The Morgan fingerprint density at radius 1 is 1.46 bits per heavy atom. The van der Waals surface area contributed by atoms with Gasteiger partial charge in [-0.05, 0) is 7.29 Å². The standard InChI is InChI=1S/C8H15.C4H10.K/c1-3-8-6-4-5-7(8)2;1-4(2)3;/h4,7-8H,3,5-6H2,1-2H3;4H,1-3H3;/q-1;;+1/i5D;;. The van der Waals surface area contributed by atoms with Gasteiger partial charge in [0.1, 0.15) is 0 Å². The summed E-state index contributed by atoms with van der Waals surface area (Å²) in [5, 5.41) is 0. The molecule has 0 radical (unpaired) electrons. The molecule has 0 saturated heterocycles. The van der Waals surface area contributed by atoms with Crippen LogP contribution < -0.4 is 51.4 Å². The Kier molecular flexibility index (Phi) is 11.4. The van der Waals surface area contributed by atoms with E-state index in [4.69, 9.17) is 1.37 Å². The molecule has 1 fully saturated rings. The Morgan fingerprint density at radius 2 is 1.92 bits per heavy atom. The van der Waals surface area contributed by atoms with Gasteiger partial charge in [0, 0.05) is 0 Å². The minimum Gasteiger partial charge on any atom is -0.328 e. The third-order valence-electron chi connectivity index (χ3n) is 2.15. The van der Waals surface area contributed by atoms with Crippen molar-refractivity contribution >= 4 is 0 Å². The second-order valence-electron chi connectivity index (χ2n) is 4.42. The van der Waals surface area contributed by atoms with Crippen LogP contribution in [0.2, 0.25) is 0 Å². The van der Waals surface area contributed by atoms with Gasteiger partial charge in [0.2, 0.25) is 0 Å². The SMILES string of the molecule is CC(C)C.[2H]C1[CH-]CC(CC)C1C.[K+]. The van der Waals surface area contributed by atoms with Gasteiger partial charge in [-0.25, -0.2) is 0 Å². The van der Waals surface area contributed by atoms with Gasteiger partial charge in [0.05, 0.1) is 0 Å². The Hall–Kier alpha value is 1.64. The molecule has 0 aromatic heterocycles. The van der Waals surface area contributed by atoms with Gasteiger partial charge in [0.25, 0.3) is 0 Å². The number of hydrogen-bond donors (Lipinski definition) is 0.